The molecule has 1 heterocycles. The van der Waals surface area contributed by atoms with Gasteiger partial charge in [-0.3, -0.25) is 5.32 Å². The van der Waals surface area contributed by atoms with E-state index in [1.165, 1.54) is 0 Å². The third kappa shape index (κ3) is 4.27. The lowest BCUT2D eigenvalue weighted by Crippen LogP contribution is -2.24. The first-order valence-corrected chi connectivity index (χ1v) is 5.97. The SMILES string of the molecule is Cc1cccc(NC(=O)N/C=C/c2ccccc2)n1. The summed E-state index contributed by atoms with van der Waals surface area (Å²) >= 11 is 0. The molecule has 0 unspecified atom stereocenters. The Labute approximate surface area is 112 Å². The molecular formula is C15H15N3O. The van der Waals surface area contributed by atoms with Crippen LogP contribution in [0.3, 0.4) is 0 Å². The maximum atomic E-state index is 11.6. The Morgan fingerprint density at radius 1 is 1.11 bits per heavy atom. The number of carbonyl (C=O) groups is 1. The van der Waals surface area contributed by atoms with Gasteiger partial charge in [0, 0.05) is 11.9 Å². The number of aromatic nitrogens is 1. The lowest BCUT2D eigenvalue weighted by atomic mass is 10.2. The van der Waals surface area contributed by atoms with E-state index in [-0.39, 0.29) is 6.03 Å². The highest BCUT2D eigenvalue weighted by molar-refractivity contribution is 5.89. The molecule has 1 aromatic carbocycles. The molecule has 0 radical (unpaired) electrons. The van der Waals surface area contributed by atoms with Crippen LogP contribution >= 0.6 is 0 Å². The average Bonchev–Trinajstić information content (AvgIpc) is 2.40. The number of carbonyl (C=O) groups excluding carboxylic acids is 1. The van der Waals surface area contributed by atoms with Gasteiger partial charge in [-0.05, 0) is 30.7 Å². The molecule has 96 valence electrons. The third-order valence-electron chi connectivity index (χ3n) is 2.42. The van der Waals surface area contributed by atoms with Gasteiger partial charge in [0.15, 0.2) is 0 Å². The molecule has 0 saturated heterocycles. The minimum absolute atomic E-state index is 0.315. The van der Waals surface area contributed by atoms with Crippen LogP contribution < -0.4 is 10.6 Å². The maximum Gasteiger partial charge on any atom is 0.324 e. The van der Waals surface area contributed by atoms with E-state index < -0.39 is 0 Å². The number of nitrogens with one attached hydrogen (secondary N) is 2. The van der Waals surface area contributed by atoms with E-state index in [2.05, 4.69) is 15.6 Å². The zero-order valence-electron chi connectivity index (χ0n) is 10.6. The van der Waals surface area contributed by atoms with Gasteiger partial charge >= 0.3 is 6.03 Å². The molecule has 0 aliphatic heterocycles. The van der Waals surface area contributed by atoms with Crippen LogP contribution in [0, 0.1) is 6.92 Å². The van der Waals surface area contributed by atoms with Crippen LogP contribution in [0.2, 0.25) is 0 Å². The summed E-state index contributed by atoms with van der Waals surface area (Å²) < 4.78 is 0. The van der Waals surface area contributed by atoms with E-state index in [1.807, 2.05) is 55.5 Å². The molecule has 4 heteroatoms. The van der Waals surface area contributed by atoms with E-state index >= 15 is 0 Å². The minimum Gasteiger partial charge on any atom is -0.314 e. The number of nitrogens with zero attached hydrogens (tertiary/aromatic N) is 1. The van der Waals surface area contributed by atoms with Crippen molar-refractivity contribution < 1.29 is 4.79 Å². The summed E-state index contributed by atoms with van der Waals surface area (Å²) in [6.07, 6.45) is 3.42. The summed E-state index contributed by atoms with van der Waals surface area (Å²) in [6, 6.07) is 14.9. The predicted molar refractivity (Wildman–Crippen MR) is 76.6 cm³/mol. The van der Waals surface area contributed by atoms with Gasteiger partial charge in [0.1, 0.15) is 5.82 Å². The Balaban J connectivity index is 1.87. The second kappa shape index (κ2) is 6.35. The second-order valence-electron chi connectivity index (χ2n) is 4.01. The monoisotopic (exact) mass is 253 g/mol. The van der Waals surface area contributed by atoms with Gasteiger partial charge in [0.2, 0.25) is 0 Å². The molecule has 0 fully saturated rings. The molecule has 1 aromatic heterocycles. The van der Waals surface area contributed by atoms with Crippen LogP contribution in [0.5, 0.6) is 0 Å². The summed E-state index contributed by atoms with van der Waals surface area (Å²) in [5, 5.41) is 5.29. The van der Waals surface area contributed by atoms with E-state index in [0.29, 0.717) is 5.82 Å². The molecule has 2 N–H and O–H groups in total. The molecule has 2 aromatic rings. The normalized spacial score (nSPS) is 10.4. The Morgan fingerprint density at radius 2 is 1.89 bits per heavy atom. The van der Waals surface area contributed by atoms with Crippen LogP contribution in [-0.2, 0) is 0 Å². The second-order valence-corrected chi connectivity index (χ2v) is 4.01. The van der Waals surface area contributed by atoms with Gasteiger partial charge in [-0.25, -0.2) is 9.78 Å². The van der Waals surface area contributed by atoms with Gasteiger partial charge in [0.25, 0.3) is 0 Å². The number of benzene rings is 1. The van der Waals surface area contributed by atoms with Crippen molar-refractivity contribution in [3.63, 3.8) is 0 Å². The van der Waals surface area contributed by atoms with Crippen LogP contribution in [0.4, 0.5) is 10.6 Å². The van der Waals surface area contributed by atoms with Crippen molar-refractivity contribution >= 4 is 17.9 Å². The number of rotatable bonds is 3. The fourth-order valence-corrected chi connectivity index (χ4v) is 1.54. The fourth-order valence-electron chi connectivity index (χ4n) is 1.54. The number of hydrogen-bond acceptors (Lipinski definition) is 2. The first-order valence-electron chi connectivity index (χ1n) is 5.97. The molecule has 0 saturated carbocycles. The summed E-state index contributed by atoms with van der Waals surface area (Å²) in [5.41, 5.74) is 1.88. The van der Waals surface area contributed by atoms with Crippen molar-refractivity contribution in [2.24, 2.45) is 0 Å². The summed E-state index contributed by atoms with van der Waals surface area (Å²) in [7, 11) is 0. The van der Waals surface area contributed by atoms with Gasteiger partial charge in [-0.1, -0.05) is 36.4 Å². The third-order valence-corrected chi connectivity index (χ3v) is 2.42. The highest BCUT2D eigenvalue weighted by Crippen LogP contribution is 2.03. The number of aryl methyl sites for hydroxylation is 1. The highest BCUT2D eigenvalue weighted by atomic mass is 16.2. The molecular weight excluding hydrogens is 238 g/mol. The van der Waals surface area contributed by atoms with Crippen molar-refractivity contribution in [1.29, 1.82) is 0 Å². The quantitative estimate of drug-likeness (QED) is 0.882. The lowest BCUT2D eigenvalue weighted by Gasteiger charge is -2.04. The van der Waals surface area contributed by atoms with Crippen LogP contribution in [0.15, 0.2) is 54.7 Å². The van der Waals surface area contributed by atoms with Gasteiger partial charge in [-0.15, -0.1) is 0 Å². The van der Waals surface area contributed by atoms with Crippen LogP contribution in [0.25, 0.3) is 6.08 Å². The van der Waals surface area contributed by atoms with Crippen molar-refractivity contribution in [3.8, 4) is 0 Å². The van der Waals surface area contributed by atoms with Crippen molar-refractivity contribution in [2.75, 3.05) is 5.32 Å². The van der Waals surface area contributed by atoms with Crippen LogP contribution in [0.1, 0.15) is 11.3 Å². The standard InChI is InChI=1S/C15H15N3O/c1-12-6-5-9-14(17-12)18-15(19)16-11-10-13-7-3-2-4-8-13/h2-11H,1H3,(H2,16,17,18,19)/b11-10+. The van der Waals surface area contributed by atoms with Gasteiger partial charge in [-0.2, -0.15) is 0 Å². The molecule has 0 aliphatic rings. The topological polar surface area (TPSA) is 54.0 Å². The zero-order valence-corrected chi connectivity index (χ0v) is 10.6. The van der Waals surface area contributed by atoms with E-state index in [0.717, 1.165) is 11.3 Å². The average molecular weight is 253 g/mol. The highest BCUT2D eigenvalue weighted by Gasteiger charge is 1.99. The number of pyridine rings is 1. The Bertz CT molecular complexity index is 579. The van der Waals surface area contributed by atoms with Crippen molar-refractivity contribution in [3.05, 3.63) is 66.0 Å². The number of hydrogen-bond donors (Lipinski definition) is 2. The molecule has 19 heavy (non-hydrogen) atoms. The van der Waals surface area contributed by atoms with Crippen molar-refractivity contribution in [1.82, 2.24) is 10.3 Å². The Hall–Kier alpha value is -2.62. The molecule has 2 amide bonds. The zero-order chi connectivity index (χ0) is 13.5. The molecule has 4 nitrogen and oxygen atoms in total. The molecule has 2 rings (SSSR count). The first kappa shape index (κ1) is 12.8. The van der Waals surface area contributed by atoms with E-state index in [9.17, 15) is 4.79 Å². The Kier molecular flexibility index (Phi) is 4.29. The smallest absolute Gasteiger partial charge is 0.314 e. The molecule has 0 bridgehead atoms. The fraction of sp³-hybridized carbons (Fsp3) is 0.0667. The summed E-state index contributed by atoms with van der Waals surface area (Å²) in [6.45, 7) is 1.87. The van der Waals surface area contributed by atoms with Crippen LogP contribution in [-0.4, -0.2) is 11.0 Å². The largest absolute Gasteiger partial charge is 0.324 e. The molecule has 0 spiro atoms. The number of anilines is 1. The van der Waals surface area contributed by atoms with Crippen molar-refractivity contribution in [2.45, 2.75) is 6.92 Å². The molecule has 0 aliphatic carbocycles. The minimum atomic E-state index is -0.315. The predicted octanol–water partition coefficient (Wildman–Crippen LogP) is 3.18. The van der Waals surface area contributed by atoms with E-state index in [1.54, 1.807) is 12.3 Å². The van der Waals surface area contributed by atoms with E-state index in [4.69, 9.17) is 0 Å². The van der Waals surface area contributed by atoms with Gasteiger partial charge < -0.3 is 5.32 Å². The lowest BCUT2D eigenvalue weighted by molar-refractivity contribution is 0.255. The first-order chi connectivity index (χ1) is 9.24. The summed E-state index contributed by atoms with van der Waals surface area (Å²) in [4.78, 5) is 15.8. The Morgan fingerprint density at radius 3 is 2.63 bits per heavy atom. The van der Waals surface area contributed by atoms with Gasteiger partial charge in [0.05, 0.1) is 0 Å². The number of urea groups is 1. The maximum absolute atomic E-state index is 11.6. The summed E-state index contributed by atoms with van der Waals surface area (Å²) in [5.74, 6) is 0.533. The molecule has 0 atom stereocenters. The number of amides is 2.